The maximum atomic E-state index is 10.1. The van der Waals surface area contributed by atoms with Gasteiger partial charge in [-0.05, 0) is 6.42 Å². The molecule has 0 heterocycles. The molecule has 0 saturated carbocycles. The minimum Gasteiger partial charge on any atom is -0.501 e. The van der Waals surface area contributed by atoms with Crippen molar-refractivity contribution in [3.63, 3.8) is 0 Å². The summed E-state index contributed by atoms with van der Waals surface area (Å²) in [6.45, 7) is 0.646. The van der Waals surface area contributed by atoms with Gasteiger partial charge in [-0.2, -0.15) is 0 Å². The molecule has 4 heteroatoms. The topological polar surface area (TPSA) is 52.3 Å². The summed E-state index contributed by atoms with van der Waals surface area (Å²) < 4.78 is 5.96. The second kappa shape index (κ2) is 6.85. The highest BCUT2D eigenvalue weighted by molar-refractivity contribution is 14.1. The molecule has 0 unspecified atom stereocenters. The molecule has 0 spiro atoms. The van der Waals surface area contributed by atoms with E-state index < -0.39 is 5.91 Å². The molecule has 0 aliphatic carbocycles. The molecule has 58 valence electrons. The fraction of sp³-hybridized carbons (Fsp3) is 0.500. The number of amides is 1. The van der Waals surface area contributed by atoms with E-state index in [0.29, 0.717) is 6.61 Å². The lowest BCUT2D eigenvalue weighted by molar-refractivity contribution is -0.113. The SMILES string of the molecule is NC(=O)/C=C/OCCCI. The summed E-state index contributed by atoms with van der Waals surface area (Å²) in [5.41, 5.74) is 4.80. The Hall–Kier alpha value is -0.260. The van der Waals surface area contributed by atoms with Crippen LogP contribution in [0.2, 0.25) is 0 Å². The average Bonchev–Trinajstić information content (AvgIpc) is 1.87. The third kappa shape index (κ3) is 7.74. The number of ether oxygens (including phenoxy) is 1. The van der Waals surface area contributed by atoms with E-state index in [-0.39, 0.29) is 0 Å². The third-order valence-corrected chi connectivity index (χ3v) is 1.49. The molecule has 0 atom stereocenters. The summed E-state index contributed by atoms with van der Waals surface area (Å²) in [6.07, 6.45) is 3.52. The summed E-state index contributed by atoms with van der Waals surface area (Å²) in [6, 6.07) is 0. The van der Waals surface area contributed by atoms with Gasteiger partial charge in [-0.3, -0.25) is 4.79 Å². The molecule has 0 aromatic carbocycles. The first-order valence-corrected chi connectivity index (χ1v) is 4.43. The Bertz CT molecular complexity index is 125. The summed E-state index contributed by atoms with van der Waals surface area (Å²) in [4.78, 5) is 10.1. The first kappa shape index (κ1) is 9.74. The van der Waals surface area contributed by atoms with Gasteiger partial charge in [0, 0.05) is 10.5 Å². The van der Waals surface area contributed by atoms with Crippen LogP contribution >= 0.6 is 22.6 Å². The van der Waals surface area contributed by atoms with Gasteiger partial charge < -0.3 is 10.5 Å². The molecule has 0 saturated heterocycles. The highest BCUT2D eigenvalue weighted by Gasteiger charge is 1.83. The smallest absolute Gasteiger partial charge is 0.244 e. The van der Waals surface area contributed by atoms with Crippen molar-refractivity contribution < 1.29 is 9.53 Å². The van der Waals surface area contributed by atoms with Crippen molar-refractivity contribution in [2.75, 3.05) is 11.0 Å². The molecule has 3 nitrogen and oxygen atoms in total. The van der Waals surface area contributed by atoms with Crippen molar-refractivity contribution in [3.05, 3.63) is 12.3 Å². The molecule has 0 aromatic rings. The molecular formula is C6H10INO2. The number of hydrogen-bond donors (Lipinski definition) is 1. The average molecular weight is 255 g/mol. The molecule has 0 aliphatic heterocycles. The predicted octanol–water partition coefficient (Wildman–Crippen LogP) is 0.827. The third-order valence-electron chi connectivity index (χ3n) is 0.724. The molecule has 0 bridgehead atoms. The first-order chi connectivity index (χ1) is 4.77. The lowest BCUT2D eigenvalue weighted by atomic mass is 10.5. The number of halogens is 1. The lowest BCUT2D eigenvalue weighted by Gasteiger charge is -1.94. The molecule has 0 fully saturated rings. The molecule has 0 radical (unpaired) electrons. The van der Waals surface area contributed by atoms with Gasteiger partial charge in [0.15, 0.2) is 0 Å². The Morgan fingerprint density at radius 1 is 1.70 bits per heavy atom. The zero-order chi connectivity index (χ0) is 7.82. The van der Waals surface area contributed by atoms with Crippen molar-refractivity contribution >= 4 is 28.5 Å². The van der Waals surface area contributed by atoms with Crippen LogP contribution in [0.3, 0.4) is 0 Å². The maximum Gasteiger partial charge on any atom is 0.244 e. The summed E-state index contributed by atoms with van der Waals surface area (Å²) in [7, 11) is 0. The minimum absolute atomic E-state index is 0.477. The van der Waals surface area contributed by atoms with Crippen LogP contribution in [-0.4, -0.2) is 16.9 Å². The Balaban J connectivity index is 3.10. The highest BCUT2D eigenvalue weighted by atomic mass is 127. The molecule has 2 N–H and O–H groups in total. The van der Waals surface area contributed by atoms with Crippen molar-refractivity contribution in [2.45, 2.75) is 6.42 Å². The van der Waals surface area contributed by atoms with Gasteiger partial charge in [0.05, 0.1) is 12.9 Å². The zero-order valence-corrected chi connectivity index (χ0v) is 7.71. The fourth-order valence-corrected chi connectivity index (χ4v) is 0.633. The molecule has 0 aromatic heterocycles. The first-order valence-electron chi connectivity index (χ1n) is 2.91. The quantitative estimate of drug-likeness (QED) is 0.260. The van der Waals surface area contributed by atoms with Crippen molar-refractivity contribution in [1.29, 1.82) is 0 Å². The van der Waals surface area contributed by atoms with Crippen LogP contribution in [-0.2, 0) is 9.53 Å². The minimum atomic E-state index is -0.477. The van der Waals surface area contributed by atoms with Gasteiger partial charge in [-0.1, -0.05) is 22.6 Å². The molecule has 10 heavy (non-hydrogen) atoms. The summed E-state index contributed by atoms with van der Waals surface area (Å²) >= 11 is 2.26. The van der Waals surface area contributed by atoms with Crippen LogP contribution < -0.4 is 5.73 Å². The standard InChI is InChI=1S/C6H10INO2/c7-3-1-4-10-5-2-6(8)9/h2,5H,1,3-4H2,(H2,8,9)/b5-2+. The van der Waals surface area contributed by atoms with Crippen LogP contribution in [0.25, 0.3) is 0 Å². The molecule has 0 rings (SSSR count). The largest absolute Gasteiger partial charge is 0.501 e. The lowest BCUT2D eigenvalue weighted by Crippen LogP contribution is -2.05. The van der Waals surface area contributed by atoms with Gasteiger partial charge >= 0.3 is 0 Å². The number of carbonyl (C=O) groups is 1. The Labute approximate surface area is 73.8 Å². The van der Waals surface area contributed by atoms with Crippen molar-refractivity contribution in [1.82, 2.24) is 0 Å². The fourth-order valence-electron chi connectivity index (χ4n) is 0.321. The van der Waals surface area contributed by atoms with Crippen LogP contribution in [0.1, 0.15) is 6.42 Å². The Morgan fingerprint density at radius 2 is 2.40 bits per heavy atom. The Morgan fingerprint density at radius 3 is 2.90 bits per heavy atom. The van der Waals surface area contributed by atoms with Gasteiger partial charge in [0.2, 0.25) is 5.91 Å². The second-order valence-electron chi connectivity index (χ2n) is 1.62. The van der Waals surface area contributed by atoms with E-state index in [4.69, 9.17) is 10.5 Å². The number of primary amides is 1. The van der Waals surface area contributed by atoms with Crippen molar-refractivity contribution in [2.24, 2.45) is 5.73 Å². The predicted molar refractivity (Wildman–Crippen MR) is 47.8 cm³/mol. The van der Waals surface area contributed by atoms with E-state index in [0.717, 1.165) is 10.8 Å². The number of rotatable bonds is 5. The normalized spacial score (nSPS) is 10.1. The zero-order valence-electron chi connectivity index (χ0n) is 5.55. The summed E-state index contributed by atoms with van der Waals surface area (Å²) in [5.74, 6) is -0.477. The van der Waals surface area contributed by atoms with Crippen LogP contribution in [0.4, 0.5) is 0 Å². The van der Waals surface area contributed by atoms with Crippen LogP contribution in [0.15, 0.2) is 12.3 Å². The van der Waals surface area contributed by atoms with Gasteiger partial charge in [0.1, 0.15) is 0 Å². The van der Waals surface area contributed by atoms with E-state index in [1.54, 1.807) is 0 Å². The molecule has 1 amide bonds. The van der Waals surface area contributed by atoms with E-state index in [1.165, 1.54) is 12.3 Å². The Kier molecular flexibility index (Phi) is 6.68. The number of alkyl halides is 1. The van der Waals surface area contributed by atoms with Crippen LogP contribution in [0, 0.1) is 0 Å². The second-order valence-corrected chi connectivity index (χ2v) is 2.70. The number of carbonyl (C=O) groups excluding carboxylic acids is 1. The van der Waals surface area contributed by atoms with Gasteiger partial charge in [0.25, 0.3) is 0 Å². The number of nitrogens with two attached hydrogens (primary N) is 1. The van der Waals surface area contributed by atoms with Gasteiger partial charge in [-0.15, -0.1) is 0 Å². The van der Waals surface area contributed by atoms with Crippen LogP contribution in [0.5, 0.6) is 0 Å². The van der Waals surface area contributed by atoms with Crippen molar-refractivity contribution in [3.8, 4) is 0 Å². The number of hydrogen-bond acceptors (Lipinski definition) is 2. The maximum absolute atomic E-state index is 10.1. The molecule has 0 aliphatic rings. The van der Waals surface area contributed by atoms with E-state index >= 15 is 0 Å². The van der Waals surface area contributed by atoms with Gasteiger partial charge in [-0.25, -0.2) is 0 Å². The molecular weight excluding hydrogens is 245 g/mol. The van der Waals surface area contributed by atoms with E-state index in [1.807, 2.05) is 0 Å². The monoisotopic (exact) mass is 255 g/mol. The van der Waals surface area contributed by atoms with E-state index in [2.05, 4.69) is 22.6 Å². The van der Waals surface area contributed by atoms with E-state index in [9.17, 15) is 4.79 Å². The summed E-state index contributed by atoms with van der Waals surface area (Å²) in [5, 5.41) is 0. The highest BCUT2D eigenvalue weighted by Crippen LogP contribution is 1.89.